The fraction of sp³-hybridized carbons (Fsp3) is 1.00. The van der Waals surface area contributed by atoms with Crippen LogP contribution in [0.3, 0.4) is 0 Å². The highest BCUT2D eigenvalue weighted by molar-refractivity contribution is 7.89. The number of hydrogen-bond acceptors (Lipinski definition) is 3. The standard InChI is InChI=1S/C10H23NO3S/c1-5-9(6-7-12)11-15(13,14)8-10(2,3)4/h9,11-12H,5-8H2,1-4H3. The van der Waals surface area contributed by atoms with E-state index < -0.39 is 10.0 Å². The Bertz CT molecular complexity index is 267. The lowest BCUT2D eigenvalue weighted by Gasteiger charge is -2.21. The summed E-state index contributed by atoms with van der Waals surface area (Å²) < 4.78 is 26.0. The number of nitrogens with one attached hydrogen (secondary N) is 1. The van der Waals surface area contributed by atoms with Crippen LogP contribution in [-0.4, -0.2) is 31.9 Å². The molecule has 0 heterocycles. The minimum absolute atomic E-state index is 0.0105. The first-order valence-electron chi connectivity index (χ1n) is 5.31. The fourth-order valence-electron chi connectivity index (χ4n) is 1.37. The summed E-state index contributed by atoms with van der Waals surface area (Å²) in [6.07, 6.45) is 1.17. The van der Waals surface area contributed by atoms with Crippen molar-refractivity contribution < 1.29 is 13.5 Å². The number of rotatable bonds is 6. The van der Waals surface area contributed by atoms with Gasteiger partial charge < -0.3 is 5.11 Å². The van der Waals surface area contributed by atoms with Gasteiger partial charge in [0.15, 0.2) is 0 Å². The molecule has 0 fully saturated rings. The Labute approximate surface area is 93.1 Å². The summed E-state index contributed by atoms with van der Waals surface area (Å²) in [6, 6.07) is -0.151. The number of aliphatic hydroxyl groups excluding tert-OH is 1. The zero-order valence-electron chi connectivity index (χ0n) is 10.1. The Kier molecular flexibility index (Phi) is 5.77. The van der Waals surface area contributed by atoms with Crippen molar-refractivity contribution in [3.63, 3.8) is 0 Å². The van der Waals surface area contributed by atoms with Crippen molar-refractivity contribution in [3.8, 4) is 0 Å². The first-order valence-corrected chi connectivity index (χ1v) is 6.96. The van der Waals surface area contributed by atoms with Gasteiger partial charge in [-0.05, 0) is 18.3 Å². The summed E-state index contributed by atoms with van der Waals surface area (Å²) >= 11 is 0. The summed E-state index contributed by atoms with van der Waals surface area (Å²) in [7, 11) is -3.23. The summed E-state index contributed by atoms with van der Waals surface area (Å²) in [5, 5.41) is 8.76. The molecule has 0 saturated carbocycles. The van der Waals surface area contributed by atoms with Crippen LogP contribution in [0.5, 0.6) is 0 Å². The number of hydrogen-bond donors (Lipinski definition) is 2. The Balaban J connectivity index is 4.36. The molecule has 0 aromatic carbocycles. The molecule has 0 aliphatic rings. The van der Waals surface area contributed by atoms with Crippen LogP contribution in [0.2, 0.25) is 0 Å². The van der Waals surface area contributed by atoms with Gasteiger partial charge in [0, 0.05) is 12.6 Å². The molecule has 0 aromatic heterocycles. The third-order valence-electron chi connectivity index (χ3n) is 1.94. The van der Waals surface area contributed by atoms with Crippen LogP contribution in [0.1, 0.15) is 40.5 Å². The van der Waals surface area contributed by atoms with Crippen LogP contribution < -0.4 is 4.72 Å². The SMILES string of the molecule is CCC(CCO)NS(=O)(=O)CC(C)(C)C. The van der Waals surface area contributed by atoms with Gasteiger partial charge in [0.25, 0.3) is 0 Å². The Morgan fingerprint density at radius 2 is 1.87 bits per heavy atom. The fourth-order valence-corrected chi connectivity index (χ4v) is 3.38. The smallest absolute Gasteiger partial charge is 0.212 e. The maximum absolute atomic E-state index is 11.7. The van der Waals surface area contributed by atoms with Crippen LogP contribution in [0.15, 0.2) is 0 Å². The molecule has 0 radical (unpaired) electrons. The van der Waals surface area contributed by atoms with E-state index in [2.05, 4.69) is 4.72 Å². The van der Waals surface area contributed by atoms with E-state index >= 15 is 0 Å². The summed E-state index contributed by atoms with van der Waals surface area (Å²) in [5.74, 6) is 0.113. The minimum Gasteiger partial charge on any atom is -0.396 e. The van der Waals surface area contributed by atoms with Gasteiger partial charge in [-0.1, -0.05) is 27.7 Å². The van der Waals surface area contributed by atoms with Crippen LogP contribution >= 0.6 is 0 Å². The van der Waals surface area contributed by atoms with Crippen LogP contribution in [0.25, 0.3) is 0 Å². The highest BCUT2D eigenvalue weighted by Gasteiger charge is 2.23. The Morgan fingerprint density at radius 1 is 1.33 bits per heavy atom. The first-order chi connectivity index (χ1) is 6.70. The van der Waals surface area contributed by atoms with Gasteiger partial charge in [-0.2, -0.15) is 0 Å². The molecule has 2 N–H and O–H groups in total. The summed E-state index contributed by atoms with van der Waals surface area (Å²) in [4.78, 5) is 0. The molecule has 1 atom stereocenters. The van der Waals surface area contributed by atoms with Crippen molar-refractivity contribution in [2.45, 2.75) is 46.6 Å². The van der Waals surface area contributed by atoms with Gasteiger partial charge in [-0.15, -0.1) is 0 Å². The molecule has 5 heteroatoms. The predicted molar refractivity (Wildman–Crippen MR) is 62.2 cm³/mol. The van der Waals surface area contributed by atoms with E-state index in [1.165, 1.54) is 0 Å². The van der Waals surface area contributed by atoms with Crippen LogP contribution in [-0.2, 0) is 10.0 Å². The maximum Gasteiger partial charge on any atom is 0.212 e. The molecule has 0 aliphatic carbocycles. The van der Waals surface area contributed by atoms with Crippen molar-refractivity contribution in [3.05, 3.63) is 0 Å². The highest BCUT2D eigenvalue weighted by atomic mass is 32.2. The molecular weight excluding hydrogens is 214 g/mol. The normalized spacial score (nSPS) is 15.3. The third-order valence-corrected chi connectivity index (χ3v) is 3.88. The largest absolute Gasteiger partial charge is 0.396 e. The second kappa shape index (κ2) is 5.82. The third kappa shape index (κ3) is 7.76. The van der Waals surface area contributed by atoms with Gasteiger partial charge >= 0.3 is 0 Å². The summed E-state index contributed by atoms with van der Waals surface area (Å²) in [5.41, 5.74) is -0.247. The molecule has 0 bridgehead atoms. The quantitative estimate of drug-likeness (QED) is 0.727. The van der Waals surface area contributed by atoms with Crippen LogP contribution in [0, 0.1) is 5.41 Å². The molecule has 15 heavy (non-hydrogen) atoms. The van der Waals surface area contributed by atoms with Crippen molar-refractivity contribution in [2.24, 2.45) is 5.41 Å². The zero-order valence-corrected chi connectivity index (χ0v) is 10.9. The lowest BCUT2D eigenvalue weighted by atomic mass is 10.0. The summed E-state index contributed by atoms with van der Waals surface area (Å²) in [6.45, 7) is 7.58. The van der Waals surface area contributed by atoms with Crippen molar-refractivity contribution in [2.75, 3.05) is 12.4 Å². The monoisotopic (exact) mass is 237 g/mol. The molecule has 0 aliphatic heterocycles. The zero-order chi connectivity index (χ0) is 12.1. The molecule has 0 aromatic rings. The lowest BCUT2D eigenvalue weighted by molar-refractivity contribution is 0.270. The van der Waals surface area contributed by atoms with Gasteiger partial charge in [0.05, 0.1) is 5.75 Å². The molecule has 4 nitrogen and oxygen atoms in total. The lowest BCUT2D eigenvalue weighted by Crippen LogP contribution is -2.39. The van der Waals surface area contributed by atoms with E-state index in [0.29, 0.717) is 12.8 Å². The second-order valence-corrected chi connectivity index (χ2v) is 6.81. The molecule has 92 valence electrons. The number of sulfonamides is 1. The van der Waals surface area contributed by atoms with Gasteiger partial charge in [-0.25, -0.2) is 13.1 Å². The molecular formula is C10H23NO3S. The molecule has 0 amide bonds. The van der Waals surface area contributed by atoms with Crippen molar-refractivity contribution in [1.29, 1.82) is 0 Å². The van der Waals surface area contributed by atoms with E-state index in [1.54, 1.807) is 0 Å². The topological polar surface area (TPSA) is 66.4 Å². The Hall–Kier alpha value is -0.130. The van der Waals surface area contributed by atoms with E-state index in [4.69, 9.17) is 5.11 Å². The van der Waals surface area contributed by atoms with E-state index in [0.717, 1.165) is 0 Å². The molecule has 0 saturated heterocycles. The molecule has 0 rings (SSSR count). The van der Waals surface area contributed by atoms with E-state index in [1.807, 2.05) is 27.7 Å². The maximum atomic E-state index is 11.7. The average molecular weight is 237 g/mol. The Morgan fingerprint density at radius 3 is 2.20 bits per heavy atom. The van der Waals surface area contributed by atoms with E-state index in [9.17, 15) is 8.42 Å². The van der Waals surface area contributed by atoms with Crippen molar-refractivity contribution >= 4 is 10.0 Å². The van der Waals surface area contributed by atoms with Gasteiger partial charge in [0.1, 0.15) is 0 Å². The second-order valence-electron chi connectivity index (χ2n) is 5.06. The van der Waals surface area contributed by atoms with Crippen LogP contribution in [0.4, 0.5) is 0 Å². The first kappa shape index (κ1) is 14.9. The van der Waals surface area contributed by atoms with Crippen molar-refractivity contribution in [1.82, 2.24) is 4.72 Å². The minimum atomic E-state index is -3.23. The van der Waals surface area contributed by atoms with E-state index in [-0.39, 0.29) is 23.8 Å². The molecule has 0 spiro atoms. The average Bonchev–Trinajstić information content (AvgIpc) is 1.98. The predicted octanol–water partition coefficient (Wildman–Crippen LogP) is 1.11. The molecule has 1 unspecified atom stereocenters. The van der Waals surface area contributed by atoms with Gasteiger partial charge in [-0.3, -0.25) is 0 Å². The highest BCUT2D eigenvalue weighted by Crippen LogP contribution is 2.16. The number of aliphatic hydroxyl groups is 1. The van der Waals surface area contributed by atoms with Gasteiger partial charge in [0.2, 0.25) is 10.0 Å².